The molecule has 1 rings (SSSR count). The van der Waals surface area contributed by atoms with Crippen LogP contribution < -0.4 is 5.73 Å². The van der Waals surface area contributed by atoms with Gasteiger partial charge in [-0.3, -0.25) is 0 Å². The molecule has 0 saturated heterocycles. The second-order valence-electron chi connectivity index (χ2n) is 4.29. The molecule has 0 aliphatic heterocycles. The van der Waals surface area contributed by atoms with Crippen molar-refractivity contribution in [1.29, 1.82) is 0 Å². The number of hydrogen-bond acceptors (Lipinski definition) is 4. The molecule has 0 fully saturated rings. The molecule has 0 bridgehead atoms. The zero-order valence-corrected chi connectivity index (χ0v) is 11.6. The third-order valence-corrected chi connectivity index (χ3v) is 3.80. The molecule has 0 radical (unpaired) electrons. The Morgan fingerprint density at radius 2 is 2.22 bits per heavy atom. The van der Waals surface area contributed by atoms with Gasteiger partial charge in [-0.15, -0.1) is 11.3 Å². The zero-order chi connectivity index (χ0) is 13.5. The van der Waals surface area contributed by atoms with Gasteiger partial charge in [-0.2, -0.15) is 0 Å². The Labute approximate surface area is 110 Å². The van der Waals surface area contributed by atoms with Gasteiger partial charge in [0.2, 0.25) is 0 Å². The first kappa shape index (κ1) is 15.5. The summed E-state index contributed by atoms with van der Waals surface area (Å²) in [5.74, 6) is 0.384. The highest BCUT2D eigenvalue weighted by molar-refractivity contribution is 7.09. The lowest BCUT2D eigenvalue weighted by Crippen LogP contribution is -2.19. The van der Waals surface area contributed by atoms with E-state index in [0.717, 1.165) is 17.1 Å². The van der Waals surface area contributed by atoms with Gasteiger partial charge >= 0.3 is 0 Å². The van der Waals surface area contributed by atoms with Crippen LogP contribution in [0.15, 0.2) is 5.38 Å². The van der Waals surface area contributed by atoms with E-state index in [1.54, 1.807) is 0 Å². The molecule has 0 amide bonds. The van der Waals surface area contributed by atoms with Gasteiger partial charge in [-0.1, -0.05) is 20.3 Å². The van der Waals surface area contributed by atoms with Gasteiger partial charge in [0.1, 0.15) is 6.61 Å². The summed E-state index contributed by atoms with van der Waals surface area (Å²) in [4.78, 5) is 4.42. The van der Waals surface area contributed by atoms with Gasteiger partial charge in [0.05, 0.1) is 23.4 Å². The normalized spacial score (nSPS) is 15.0. The van der Waals surface area contributed by atoms with Crippen LogP contribution in [0.2, 0.25) is 0 Å². The summed E-state index contributed by atoms with van der Waals surface area (Å²) in [5.41, 5.74) is 6.96. The molecule has 18 heavy (non-hydrogen) atoms. The minimum atomic E-state index is -2.41. The molecule has 1 aromatic heterocycles. The predicted molar refractivity (Wildman–Crippen MR) is 69.0 cm³/mol. The minimum absolute atomic E-state index is 0.0537. The first-order chi connectivity index (χ1) is 8.54. The van der Waals surface area contributed by atoms with Crippen molar-refractivity contribution < 1.29 is 13.5 Å². The summed E-state index contributed by atoms with van der Waals surface area (Å²) in [6.45, 7) is 3.95. The van der Waals surface area contributed by atoms with Crippen molar-refractivity contribution in [3.8, 4) is 0 Å². The maximum atomic E-state index is 11.8. The second kappa shape index (κ2) is 7.76. The fraction of sp³-hybridized carbons (Fsp3) is 0.750. The zero-order valence-electron chi connectivity index (χ0n) is 10.7. The van der Waals surface area contributed by atoms with Gasteiger partial charge in [0.25, 0.3) is 6.43 Å². The van der Waals surface area contributed by atoms with E-state index in [0.29, 0.717) is 12.3 Å². The van der Waals surface area contributed by atoms with Crippen molar-refractivity contribution in [3.63, 3.8) is 0 Å². The van der Waals surface area contributed by atoms with Gasteiger partial charge in [-0.25, -0.2) is 13.8 Å². The van der Waals surface area contributed by atoms with Crippen LogP contribution in [0.25, 0.3) is 0 Å². The Bertz CT molecular complexity index is 347. The quantitative estimate of drug-likeness (QED) is 0.744. The average Bonchev–Trinajstić information content (AvgIpc) is 2.81. The number of nitrogens with zero attached hydrogens (tertiary/aromatic N) is 1. The van der Waals surface area contributed by atoms with Crippen LogP contribution in [0.1, 0.15) is 37.0 Å². The number of halogens is 2. The number of hydrogen-bond donors (Lipinski definition) is 1. The lowest BCUT2D eigenvalue weighted by Gasteiger charge is -2.15. The van der Waals surface area contributed by atoms with E-state index in [1.807, 2.05) is 5.38 Å². The van der Waals surface area contributed by atoms with E-state index in [1.165, 1.54) is 11.3 Å². The molecule has 2 unspecified atom stereocenters. The number of aromatic nitrogens is 1. The number of alkyl halides is 2. The third kappa shape index (κ3) is 4.96. The largest absolute Gasteiger partial charge is 0.375 e. The highest BCUT2D eigenvalue weighted by atomic mass is 32.1. The molecule has 1 aromatic rings. The summed E-state index contributed by atoms with van der Waals surface area (Å²) in [7, 11) is 0. The number of ether oxygens (including phenoxy) is 1. The molecule has 6 heteroatoms. The molecule has 0 spiro atoms. The van der Waals surface area contributed by atoms with E-state index in [-0.39, 0.29) is 12.6 Å². The number of nitrogens with two attached hydrogens (primary N) is 1. The Morgan fingerprint density at radius 3 is 2.83 bits per heavy atom. The third-order valence-electron chi connectivity index (χ3n) is 2.87. The van der Waals surface area contributed by atoms with Crippen molar-refractivity contribution in [2.24, 2.45) is 11.7 Å². The van der Waals surface area contributed by atoms with Crippen LogP contribution in [0.5, 0.6) is 0 Å². The van der Waals surface area contributed by atoms with E-state index in [9.17, 15) is 8.78 Å². The van der Waals surface area contributed by atoms with Crippen molar-refractivity contribution in [1.82, 2.24) is 4.98 Å². The average molecular weight is 278 g/mol. The first-order valence-corrected chi connectivity index (χ1v) is 6.98. The van der Waals surface area contributed by atoms with Gasteiger partial charge in [-0.05, 0) is 5.92 Å². The topological polar surface area (TPSA) is 48.1 Å². The van der Waals surface area contributed by atoms with E-state index >= 15 is 0 Å². The van der Waals surface area contributed by atoms with Crippen LogP contribution >= 0.6 is 11.3 Å². The smallest absolute Gasteiger partial charge is 0.261 e. The highest BCUT2D eigenvalue weighted by Gasteiger charge is 2.16. The SMILES string of the molecule is CCC(C)C(N)c1csc(CCOCC(F)F)n1. The summed E-state index contributed by atoms with van der Waals surface area (Å²) in [6.07, 6.45) is -0.841. The van der Waals surface area contributed by atoms with Crippen LogP contribution in [0.3, 0.4) is 0 Å². The van der Waals surface area contributed by atoms with Crippen LogP contribution in [-0.2, 0) is 11.2 Å². The van der Waals surface area contributed by atoms with Crippen LogP contribution in [-0.4, -0.2) is 24.6 Å². The van der Waals surface area contributed by atoms with Crippen molar-refractivity contribution >= 4 is 11.3 Å². The molecule has 1 heterocycles. The Kier molecular flexibility index (Phi) is 6.67. The summed E-state index contributed by atoms with van der Waals surface area (Å²) >= 11 is 1.51. The molecule has 0 aromatic carbocycles. The minimum Gasteiger partial charge on any atom is -0.375 e. The molecular weight excluding hydrogens is 258 g/mol. The highest BCUT2D eigenvalue weighted by Crippen LogP contribution is 2.23. The summed E-state index contributed by atoms with van der Waals surface area (Å²) < 4.78 is 28.5. The molecule has 104 valence electrons. The maximum Gasteiger partial charge on any atom is 0.261 e. The maximum absolute atomic E-state index is 11.8. The monoisotopic (exact) mass is 278 g/mol. The molecule has 2 N–H and O–H groups in total. The first-order valence-electron chi connectivity index (χ1n) is 6.10. The molecule has 0 aliphatic rings. The molecule has 0 saturated carbocycles. The van der Waals surface area contributed by atoms with Gasteiger partial charge < -0.3 is 10.5 Å². The Hall–Kier alpha value is -0.590. The fourth-order valence-corrected chi connectivity index (χ4v) is 2.30. The molecular formula is C12H20F2N2OS. The van der Waals surface area contributed by atoms with Crippen molar-refractivity contribution in [2.75, 3.05) is 13.2 Å². The lowest BCUT2D eigenvalue weighted by molar-refractivity contribution is 0.0187. The van der Waals surface area contributed by atoms with Gasteiger partial charge in [0.15, 0.2) is 0 Å². The standard InChI is InChI=1S/C12H20F2N2OS/c1-3-8(2)12(15)9-7-18-11(16-9)4-5-17-6-10(13)14/h7-8,10,12H,3-6,15H2,1-2H3. The molecule has 2 atom stereocenters. The number of rotatable bonds is 8. The lowest BCUT2D eigenvalue weighted by atomic mass is 9.98. The Balaban J connectivity index is 2.38. The predicted octanol–water partition coefficient (Wildman–Crippen LogP) is 3.01. The second-order valence-corrected chi connectivity index (χ2v) is 5.24. The molecule has 0 aliphatic carbocycles. The van der Waals surface area contributed by atoms with Crippen LogP contribution in [0.4, 0.5) is 8.78 Å². The Morgan fingerprint density at radius 1 is 1.50 bits per heavy atom. The summed E-state index contributed by atoms with van der Waals surface area (Å²) in [6, 6.07) is -0.0537. The summed E-state index contributed by atoms with van der Waals surface area (Å²) in [5, 5.41) is 2.83. The van der Waals surface area contributed by atoms with E-state index < -0.39 is 13.0 Å². The van der Waals surface area contributed by atoms with Crippen molar-refractivity contribution in [3.05, 3.63) is 16.1 Å². The van der Waals surface area contributed by atoms with Gasteiger partial charge in [0, 0.05) is 11.8 Å². The number of thiazole rings is 1. The van der Waals surface area contributed by atoms with E-state index in [2.05, 4.69) is 18.8 Å². The molecule has 3 nitrogen and oxygen atoms in total. The van der Waals surface area contributed by atoms with Crippen molar-refractivity contribution in [2.45, 2.75) is 39.2 Å². The van der Waals surface area contributed by atoms with E-state index in [4.69, 9.17) is 10.5 Å². The van der Waals surface area contributed by atoms with Crippen LogP contribution in [0, 0.1) is 5.92 Å². The fourth-order valence-electron chi connectivity index (χ4n) is 1.47.